The summed E-state index contributed by atoms with van der Waals surface area (Å²) in [6, 6.07) is 7.49. The van der Waals surface area contributed by atoms with Gasteiger partial charge in [-0.05, 0) is 62.3 Å². The van der Waals surface area contributed by atoms with E-state index in [0.29, 0.717) is 36.8 Å². The molecule has 0 spiro atoms. The number of rotatable bonds is 9. The predicted octanol–water partition coefficient (Wildman–Crippen LogP) is 3.78. The first-order chi connectivity index (χ1) is 15.3. The number of carbonyl (C=O) groups is 2. The van der Waals surface area contributed by atoms with Gasteiger partial charge in [-0.1, -0.05) is 19.1 Å². The fourth-order valence-electron chi connectivity index (χ4n) is 3.75. The first kappa shape index (κ1) is 23.6. The van der Waals surface area contributed by atoms with Crippen LogP contribution in [0.1, 0.15) is 51.6 Å². The van der Waals surface area contributed by atoms with E-state index in [1.54, 1.807) is 11.7 Å². The second-order valence-corrected chi connectivity index (χ2v) is 8.65. The third-order valence-electron chi connectivity index (χ3n) is 5.68. The van der Waals surface area contributed by atoms with Gasteiger partial charge >= 0.3 is 12.1 Å². The Kier molecular flexibility index (Phi) is 8.08. The van der Waals surface area contributed by atoms with Crippen LogP contribution in [0.2, 0.25) is 0 Å². The summed E-state index contributed by atoms with van der Waals surface area (Å²) >= 11 is 0. The van der Waals surface area contributed by atoms with E-state index in [-0.39, 0.29) is 18.6 Å². The lowest BCUT2D eigenvalue weighted by Gasteiger charge is -2.27. The summed E-state index contributed by atoms with van der Waals surface area (Å²) in [6.07, 6.45) is 3.22. The number of amides is 1. The Hall–Kier alpha value is -3.10. The van der Waals surface area contributed by atoms with Crippen molar-refractivity contribution in [2.24, 2.45) is 18.9 Å². The number of carboxylic acid groups (broad SMARTS) is 1. The van der Waals surface area contributed by atoms with Gasteiger partial charge in [0.05, 0.1) is 30.9 Å². The van der Waals surface area contributed by atoms with E-state index in [9.17, 15) is 14.7 Å². The van der Waals surface area contributed by atoms with E-state index in [0.717, 1.165) is 30.5 Å². The van der Waals surface area contributed by atoms with Crippen molar-refractivity contribution < 1.29 is 24.2 Å². The van der Waals surface area contributed by atoms with E-state index in [1.165, 1.54) is 0 Å². The fraction of sp³-hybridized carbons (Fsp3) is 0.565. The van der Waals surface area contributed by atoms with Gasteiger partial charge in [-0.15, -0.1) is 5.10 Å². The highest BCUT2D eigenvalue weighted by Gasteiger charge is 2.28. The highest BCUT2D eigenvalue weighted by atomic mass is 16.5. The molecular weight excluding hydrogens is 412 g/mol. The van der Waals surface area contributed by atoms with Crippen LogP contribution in [0.4, 0.5) is 4.79 Å². The normalized spacial score (nSPS) is 18.4. The molecule has 0 aliphatic heterocycles. The van der Waals surface area contributed by atoms with Gasteiger partial charge in [-0.2, -0.15) is 0 Å². The molecule has 1 saturated carbocycles. The Morgan fingerprint density at radius 3 is 2.69 bits per heavy atom. The van der Waals surface area contributed by atoms with Crippen molar-refractivity contribution in [2.45, 2.75) is 58.6 Å². The molecule has 2 atom stereocenters. The van der Waals surface area contributed by atoms with Crippen molar-refractivity contribution in [1.29, 1.82) is 0 Å². The highest BCUT2D eigenvalue weighted by molar-refractivity contribution is 5.70. The molecule has 174 valence electrons. The molecular formula is C23H32N4O5. The molecule has 0 radical (unpaired) electrons. The SMILES string of the molecule is CC(C)CCOC(=O)NCc1c(-c2ccc(O[C@H]3CCC[C@H](C(=O)O)C3)cc2)nnn1C. The predicted molar refractivity (Wildman–Crippen MR) is 118 cm³/mol. The average Bonchev–Trinajstić information content (AvgIpc) is 3.13. The van der Waals surface area contributed by atoms with Crippen molar-refractivity contribution in [3.05, 3.63) is 30.0 Å². The molecule has 3 rings (SSSR count). The third kappa shape index (κ3) is 6.45. The maximum atomic E-state index is 11.9. The zero-order valence-electron chi connectivity index (χ0n) is 18.9. The van der Waals surface area contributed by atoms with Gasteiger partial charge < -0.3 is 19.9 Å². The van der Waals surface area contributed by atoms with Gasteiger partial charge in [0.15, 0.2) is 0 Å². The van der Waals surface area contributed by atoms with Crippen LogP contribution in [-0.4, -0.2) is 44.9 Å². The number of carbonyl (C=O) groups excluding carboxylic acids is 1. The zero-order valence-corrected chi connectivity index (χ0v) is 18.9. The number of aryl methyl sites for hydroxylation is 1. The highest BCUT2D eigenvalue weighted by Crippen LogP contribution is 2.29. The molecule has 9 heteroatoms. The first-order valence-corrected chi connectivity index (χ1v) is 11.1. The first-order valence-electron chi connectivity index (χ1n) is 11.1. The largest absolute Gasteiger partial charge is 0.490 e. The van der Waals surface area contributed by atoms with E-state index in [1.807, 2.05) is 24.3 Å². The summed E-state index contributed by atoms with van der Waals surface area (Å²) in [5.41, 5.74) is 2.28. The van der Waals surface area contributed by atoms with E-state index >= 15 is 0 Å². The van der Waals surface area contributed by atoms with E-state index in [2.05, 4.69) is 29.5 Å². The lowest BCUT2D eigenvalue weighted by atomic mass is 9.87. The minimum atomic E-state index is -0.749. The number of alkyl carbamates (subject to hydrolysis) is 1. The molecule has 2 N–H and O–H groups in total. The monoisotopic (exact) mass is 444 g/mol. The van der Waals surface area contributed by atoms with Crippen LogP contribution in [0.5, 0.6) is 5.75 Å². The second-order valence-electron chi connectivity index (χ2n) is 8.65. The molecule has 2 aromatic rings. The van der Waals surface area contributed by atoms with Crippen LogP contribution in [0.25, 0.3) is 11.3 Å². The molecule has 1 amide bonds. The summed E-state index contributed by atoms with van der Waals surface area (Å²) in [4.78, 5) is 23.2. The van der Waals surface area contributed by atoms with Crippen LogP contribution in [0.15, 0.2) is 24.3 Å². The van der Waals surface area contributed by atoms with Crippen LogP contribution < -0.4 is 10.1 Å². The second kappa shape index (κ2) is 11.0. The summed E-state index contributed by atoms with van der Waals surface area (Å²) in [5, 5.41) is 20.3. The molecule has 1 heterocycles. The van der Waals surface area contributed by atoms with Gasteiger partial charge in [0.25, 0.3) is 0 Å². The van der Waals surface area contributed by atoms with Crippen LogP contribution in [0, 0.1) is 11.8 Å². The molecule has 1 fully saturated rings. The van der Waals surface area contributed by atoms with E-state index in [4.69, 9.17) is 9.47 Å². The smallest absolute Gasteiger partial charge is 0.407 e. The maximum Gasteiger partial charge on any atom is 0.407 e. The average molecular weight is 445 g/mol. The quantitative estimate of drug-likeness (QED) is 0.605. The molecule has 0 bridgehead atoms. The lowest BCUT2D eigenvalue weighted by Crippen LogP contribution is -2.29. The van der Waals surface area contributed by atoms with Crippen molar-refractivity contribution in [1.82, 2.24) is 20.3 Å². The number of ether oxygens (including phenoxy) is 2. The molecule has 9 nitrogen and oxygen atoms in total. The number of hydrogen-bond acceptors (Lipinski definition) is 6. The minimum absolute atomic E-state index is 0.0892. The summed E-state index contributed by atoms with van der Waals surface area (Å²) in [7, 11) is 1.77. The Morgan fingerprint density at radius 2 is 2.00 bits per heavy atom. The molecule has 32 heavy (non-hydrogen) atoms. The van der Waals surface area contributed by atoms with Gasteiger partial charge in [0.2, 0.25) is 0 Å². The van der Waals surface area contributed by atoms with Crippen LogP contribution in [-0.2, 0) is 23.1 Å². The molecule has 1 aromatic heterocycles. The number of nitrogens with one attached hydrogen (secondary N) is 1. The Labute approximate surface area is 188 Å². The number of aromatic nitrogens is 3. The minimum Gasteiger partial charge on any atom is -0.490 e. The van der Waals surface area contributed by atoms with Crippen molar-refractivity contribution >= 4 is 12.1 Å². The molecule has 0 saturated heterocycles. The number of aliphatic carboxylic acids is 1. The third-order valence-corrected chi connectivity index (χ3v) is 5.68. The van der Waals surface area contributed by atoms with Crippen molar-refractivity contribution in [3.8, 4) is 17.0 Å². The van der Waals surface area contributed by atoms with Crippen molar-refractivity contribution in [2.75, 3.05) is 6.61 Å². The standard InChI is InChI=1S/C23H32N4O5/c1-15(2)11-12-31-23(30)24-14-20-21(25-26-27(20)3)16-7-9-18(10-8-16)32-19-6-4-5-17(13-19)22(28)29/h7-10,15,17,19H,4-6,11-14H2,1-3H3,(H,24,30)(H,28,29)/t17-,19-/m0/s1. The molecule has 0 unspecified atom stereocenters. The van der Waals surface area contributed by atoms with Gasteiger partial charge in [0, 0.05) is 12.6 Å². The van der Waals surface area contributed by atoms with Crippen molar-refractivity contribution in [3.63, 3.8) is 0 Å². The topological polar surface area (TPSA) is 116 Å². The zero-order chi connectivity index (χ0) is 23.1. The van der Waals surface area contributed by atoms with Gasteiger partial charge in [-0.3, -0.25) is 4.79 Å². The van der Waals surface area contributed by atoms with Gasteiger partial charge in [0.1, 0.15) is 11.4 Å². The van der Waals surface area contributed by atoms with Crippen LogP contribution in [0.3, 0.4) is 0 Å². The van der Waals surface area contributed by atoms with Gasteiger partial charge in [-0.25, -0.2) is 9.48 Å². The van der Waals surface area contributed by atoms with Crippen LogP contribution >= 0.6 is 0 Å². The fourth-order valence-corrected chi connectivity index (χ4v) is 3.75. The number of nitrogens with zero attached hydrogens (tertiary/aromatic N) is 3. The lowest BCUT2D eigenvalue weighted by molar-refractivity contribution is -0.143. The Balaban J connectivity index is 1.59. The molecule has 1 aliphatic carbocycles. The maximum absolute atomic E-state index is 11.9. The van der Waals surface area contributed by atoms with E-state index < -0.39 is 12.1 Å². The number of benzene rings is 1. The number of hydrogen-bond donors (Lipinski definition) is 2. The summed E-state index contributed by atoms with van der Waals surface area (Å²) in [6.45, 7) is 4.78. The number of carboxylic acids is 1. The summed E-state index contributed by atoms with van der Waals surface area (Å²) < 4.78 is 12.8. The molecule has 1 aromatic carbocycles. The Bertz CT molecular complexity index is 910. The molecule has 1 aliphatic rings. The Morgan fingerprint density at radius 1 is 1.25 bits per heavy atom. The summed E-state index contributed by atoms with van der Waals surface area (Å²) in [5.74, 6) is 0.0856.